The number of amides is 2. The van der Waals surface area contributed by atoms with Crippen LogP contribution in [0.1, 0.15) is 12.0 Å². The van der Waals surface area contributed by atoms with Gasteiger partial charge in [-0.3, -0.25) is 14.5 Å². The van der Waals surface area contributed by atoms with Crippen LogP contribution < -0.4 is 14.5 Å². The molecule has 1 fully saturated rings. The summed E-state index contributed by atoms with van der Waals surface area (Å²) in [5.41, 5.74) is 2.05. The normalized spacial score (nSPS) is 18.0. The van der Waals surface area contributed by atoms with Crippen molar-refractivity contribution >= 4 is 28.8 Å². The van der Waals surface area contributed by atoms with E-state index in [1.807, 2.05) is 29.2 Å². The van der Waals surface area contributed by atoms with Crippen molar-refractivity contribution in [1.82, 2.24) is 4.90 Å². The smallest absolute Gasteiger partial charge is 0.243 e. The monoisotopic (exact) mass is 386 g/mol. The average Bonchev–Trinajstić information content (AvgIpc) is 3.14. The van der Waals surface area contributed by atoms with E-state index in [9.17, 15) is 9.59 Å². The molecule has 2 aliphatic heterocycles. The molecule has 0 unspecified atom stereocenters. The van der Waals surface area contributed by atoms with E-state index in [-0.39, 0.29) is 18.4 Å². The number of ether oxygens (including phenoxy) is 1. The van der Waals surface area contributed by atoms with E-state index in [1.165, 1.54) is 10.5 Å². The Hall–Kier alpha value is -2.38. The van der Waals surface area contributed by atoms with Crippen molar-refractivity contribution in [2.75, 3.05) is 44.2 Å². The number of piperazine rings is 1. The van der Waals surface area contributed by atoms with Gasteiger partial charge in [0.15, 0.2) is 0 Å². The van der Waals surface area contributed by atoms with Crippen molar-refractivity contribution < 1.29 is 19.2 Å². The summed E-state index contributed by atoms with van der Waals surface area (Å²) in [5, 5.41) is 4.29. The summed E-state index contributed by atoms with van der Waals surface area (Å²) < 4.78 is 5.65. The second-order valence-electron chi connectivity index (χ2n) is 6.99. The number of fused-ring (bicyclic) bond motifs is 1. The van der Waals surface area contributed by atoms with Gasteiger partial charge in [0.05, 0.1) is 44.9 Å². The number of carbonyl (C=O) groups excluding carboxylic acids is 2. The summed E-state index contributed by atoms with van der Waals surface area (Å²) >= 11 is 1.72. The topological polar surface area (TPSA) is 54.3 Å². The standard InChI is InChI=1S/C20H23N3O3S/c24-19-5-11-26-18-4-2-1-3-17(18)23(19)14-20(25)22-9-7-21(8-10-22)13-16-6-12-27-15-16/h1-4,6,12,15H,5,7-11,13-14H2/p+1. The lowest BCUT2D eigenvalue weighted by molar-refractivity contribution is -0.917. The number of hydrogen-bond acceptors (Lipinski definition) is 4. The molecule has 2 aliphatic rings. The molecule has 0 radical (unpaired) electrons. The van der Waals surface area contributed by atoms with E-state index in [0.717, 1.165) is 32.7 Å². The van der Waals surface area contributed by atoms with Gasteiger partial charge in [0.2, 0.25) is 11.8 Å². The Morgan fingerprint density at radius 3 is 2.78 bits per heavy atom. The maximum absolute atomic E-state index is 12.8. The van der Waals surface area contributed by atoms with Gasteiger partial charge in [-0.05, 0) is 29.0 Å². The third-order valence-electron chi connectivity index (χ3n) is 5.18. The third kappa shape index (κ3) is 4.14. The zero-order valence-corrected chi connectivity index (χ0v) is 16.0. The van der Waals surface area contributed by atoms with Crippen LogP contribution in [0.3, 0.4) is 0 Å². The van der Waals surface area contributed by atoms with Gasteiger partial charge in [0.1, 0.15) is 18.8 Å². The SMILES string of the molecule is O=C(CN1C(=O)CCOc2ccccc21)N1CC[NH+](Cc2ccsc2)CC1. The second-order valence-corrected chi connectivity index (χ2v) is 7.77. The number of nitrogens with one attached hydrogen (secondary N) is 1. The molecular weight excluding hydrogens is 362 g/mol. The summed E-state index contributed by atoms with van der Waals surface area (Å²) in [7, 11) is 0. The lowest BCUT2D eigenvalue weighted by Gasteiger charge is -2.33. The third-order valence-corrected chi connectivity index (χ3v) is 5.91. The van der Waals surface area contributed by atoms with E-state index in [0.29, 0.717) is 24.5 Å². The van der Waals surface area contributed by atoms with Crippen molar-refractivity contribution in [3.05, 3.63) is 46.7 Å². The molecule has 0 bridgehead atoms. The minimum Gasteiger partial charge on any atom is -0.491 e. The number of nitrogens with zero attached hydrogens (tertiary/aromatic N) is 2. The Kier molecular flexibility index (Phi) is 5.40. The summed E-state index contributed by atoms with van der Waals surface area (Å²) in [5.74, 6) is 0.617. The zero-order valence-electron chi connectivity index (χ0n) is 15.2. The lowest BCUT2D eigenvalue weighted by Crippen LogP contribution is -3.13. The number of quaternary nitrogens is 1. The van der Waals surface area contributed by atoms with Crippen LogP contribution in [0.5, 0.6) is 5.75 Å². The fraction of sp³-hybridized carbons (Fsp3) is 0.400. The highest BCUT2D eigenvalue weighted by Crippen LogP contribution is 2.30. The second kappa shape index (κ2) is 8.10. The molecule has 4 rings (SSSR count). The van der Waals surface area contributed by atoms with Gasteiger partial charge in [0, 0.05) is 5.56 Å². The van der Waals surface area contributed by atoms with Crippen molar-refractivity contribution in [3.8, 4) is 5.75 Å². The molecule has 2 amide bonds. The molecule has 6 nitrogen and oxygen atoms in total. The number of rotatable bonds is 4. The number of para-hydroxylation sites is 2. The van der Waals surface area contributed by atoms with Crippen LogP contribution >= 0.6 is 11.3 Å². The largest absolute Gasteiger partial charge is 0.491 e. The summed E-state index contributed by atoms with van der Waals surface area (Å²) in [6, 6.07) is 9.60. The lowest BCUT2D eigenvalue weighted by atomic mass is 10.2. The van der Waals surface area contributed by atoms with Gasteiger partial charge >= 0.3 is 0 Å². The molecule has 27 heavy (non-hydrogen) atoms. The number of anilines is 1. The molecule has 0 spiro atoms. The van der Waals surface area contributed by atoms with Crippen LogP contribution in [0.25, 0.3) is 0 Å². The molecule has 1 aromatic carbocycles. The van der Waals surface area contributed by atoms with Crippen LogP contribution in [-0.2, 0) is 16.1 Å². The fourth-order valence-electron chi connectivity index (χ4n) is 3.66. The molecule has 7 heteroatoms. The van der Waals surface area contributed by atoms with E-state index in [1.54, 1.807) is 16.2 Å². The van der Waals surface area contributed by atoms with Crippen LogP contribution in [0, 0.1) is 0 Å². The first-order valence-electron chi connectivity index (χ1n) is 9.35. The van der Waals surface area contributed by atoms with Gasteiger partial charge in [-0.2, -0.15) is 11.3 Å². The molecule has 1 N–H and O–H groups in total. The molecular formula is C20H24N3O3S+. The molecule has 1 aromatic heterocycles. The first-order chi connectivity index (χ1) is 13.2. The Balaban J connectivity index is 1.37. The van der Waals surface area contributed by atoms with Crippen LogP contribution in [0.2, 0.25) is 0 Å². The van der Waals surface area contributed by atoms with Crippen LogP contribution in [-0.4, -0.2) is 56.0 Å². The number of carbonyl (C=O) groups is 2. The zero-order chi connectivity index (χ0) is 18.6. The predicted octanol–water partition coefficient (Wildman–Crippen LogP) is 0.791. The number of thiophene rings is 1. The highest BCUT2D eigenvalue weighted by Gasteiger charge is 2.29. The van der Waals surface area contributed by atoms with Crippen molar-refractivity contribution in [1.29, 1.82) is 0 Å². The Labute approximate surface area is 162 Å². The maximum Gasteiger partial charge on any atom is 0.243 e. The number of hydrogen-bond donors (Lipinski definition) is 1. The van der Waals surface area contributed by atoms with Crippen molar-refractivity contribution in [2.24, 2.45) is 0 Å². The quantitative estimate of drug-likeness (QED) is 0.845. The minimum absolute atomic E-state index is 0.00892. The first-order valence-corrected chi connectivity index (χ1v) is 10.3. The van der Waals surface area contributed by atoms with Gasteiger partial charge < -0.3 is 14.5 Å². The summed E-state index contributed by atoms with van der Waals surface area (Å²) in [6.07, 6.45) is 0.292. The molecule has 1 saturated heterocycles. The van der Waals surface area contributed by atoms with E-state index in [2.05, 4.69) is 16.8 Å². The van der Waals surface area contributed by atoms with E-state index >= 15 is 0 Å². The molecule has 2 aromatic rings. The van der Waals surface area contributed by atoms with Crippen LogP contribution in [0.15, 0.2) is 41.1 Å². The molecule has 0 aliphatic carbocycles. The van der Waals surface area contributed by atoms with Crippen LogP contribution in [0.4, 0.5) is 5.69 Å². The van der Waals surface area contributed by atoms with Crippen molar-refractivity contribution in [3.63, 3.8) is 0 Å². The summed E-state index contributed by atoms with van der Waals surface area (Å²) in [6.45, 7) is 4.80. The predicted molar refractivity (Wildman–Crippen MR) is 104 cm³/mol. The van der Waals surface area contributed by atoms with E-state index in [4.69, 9.17) is 4.74 Å². The highest BCUT2D eigenvalue weighted by atomic mass is 32.1. The number of benzene rings is 1. The minimum atomic E-state index is -0.0602. The summed E-state index contributed by atoms with van der Waals surface area (Å²) in [4.78, 5) is 30.3. The Morgan fingerprint density at radius 2 is 2.00 bits per heavy atom. The van der Waals surface area contributed by atoms with Gasteiger partial charge in [-0.15, -0.1) is 0 Å². The highest BCUT2D eigenvalue weighted by molar-refractivity contribution is 7.07. The van der Waals surface area contributed by atoms with Gasteiger partial charge in [-0.1, -0.05) is 12.1 Å². The molecule has 0 saturated carbocycles. The van der Waals surface area contributed by atoms with E-state index < -0.39 is 0 Å². The molecule has 3 heterocycles. The Bertz CT molecular complexity index is 801. The maximum atomic E-state index is 12.8. The van der Waals surface area contributed by atoms with Gasteiger partial charge in [-0.25, -0.2) is 0 Å². The van der Waals surface area contributed by atoms with Gasteiger partial charge in [0.25, 0.3) is 0 Å². The molecule has 0 atom stereocenters. The average molecular weight is 386 g/mol. The van der Waals surface area contributed by atoms with Crippen molar-refractivity contribution in [2.45, 2.75) is 13.0 Å². The molecule has 142 valence electrons. The first kappa shape index (κ1) is 18.0. The Morgan fingerprint density at radius 1 is 1.19 bits per heavy atom. The fourth-order valence-corrected chi connectivity index (χ4v) is 4.33.